The van der Waals surface area contributed by atoms with E-state index in [0.717, 1.165) is 28.6 Å². The minimum atomic E-state index is -0.319. The van der Waals surface area contributed by atoms with E-state index in [1.807, 2.05) is 25.1 Å². The van der Waals surface area contributed by atoms with Gasteiger partial charge in [0.1, 0.15) is 11.9 Å². The fraction of sp³-hybridized carbons (Fsp3) is 0.217. The summed E-state index contributed by atoms with van der Waals surface area (Å²) in [6, 6.07) is 12.5. The maximum atomic E-state index is 14.1. The van der Waals surface area contributed by atoms with Crippen LogP contribution in [-0.4, -0.2) is 50.8 Å². The van der Waals surface area contributed by atoms with E-state index in [1.165, 1.54) is 6.07 Å². The Balaban J connectivity index is 1.52. The van der Waals surface area contributed by atoms with E-state index in [4.69, 9.17) is 4.74 Å². The van der Waals surface area contributed by atoms with Crippen molar-refractivity contribution in [2.45, 2.75) is 13.0 Å². The number of aryl methyl sites for hydroxylation is 1. The first-order chi connectivity index (χ1) is 15.1. The van der Waals surface area contributed by atoms with Crippen molar-refractivity contribution in [3.8, 4) is 17.1 Å². The van der Waals surface area contributed by atoms with Gasteiger partial charge in [0.25, 0.3) is 5.95 Å². The topological polar surface area (TPSA) is 73.1 Å². The summed E-state index contributed by atoms with van der Waals surface area (Å²) in [5.41, 5.74) is 3.71. The summed E-state index contributed by atoms with van der Waals surface area (Å²) in [5.74, 6) is 0.0788. The molecule has 1 atom stereocenters. The van der Waals surface area contributed by atoms with Crippen molar-refractivity contribution in [1.29, 1.82) is 0 Å². The van der Waals surface area contributed by atoms with Gasteiger partial charge in [-0.2, -0.15) is 9.78 Å². The summed E-state index contributed by atoms with van der Waals surface area (Å²) in [7, 11) is 0. The molecule has 1 unspecified atom stereocenters. The van der Waals surface area contributed by atoms with Crippen molar-refractivity contribution < 1.29 is 13.9 Å². The third kappa shape index (κ3) is 3.55. The van der Waals surface area contributed by atoms with E-state index in [9.17, 15) is 9.18 Å². The Morgan fingerprint density at radius 2 is 1.97 bits per heavy atom. The highest BCUT2D eigenvalue weighted by Crippen LogP contribution is 2.28. The van der Waals surface area contributed by atoms with Crippen molar-refractivity contribution in [2.24, 2.45) is 0 Å². The molecule has 1 fully saturated rings. The molecule has 156 valence electrons. The number of ether oxygens (including phenoxy) is 1. The monoisotopic (exact) mass is 417 g/mol. The van der Waals surface area contributed by atoms with E-state index < -0.39 is 0 Å². The molecule has 2 aromatic heterocycles. The molecule has 2 aromatic carbocycles. The summed E-state index contributed by atoms with van der Waals surface area (Å²) in [4.78, 5) is 21.7. The fourth-order valence-electron chi connectivity index (χ4n) is 3.87. The van der Waals surface area contributed by atoms with Crippen LogP contribution < -0.4 is 0 Å². The van der Waals surface area contributed by atoms with Crippen molar-refractivity contribution in [1.82, 2.24) is 24.6 Å². The Bertz CT molecular complexity index is 1250. The maximum absolute atomic E-state index is 14.1. The fourth-order valence-corrected chi connectivity index (χ4v) is 3.87. The Morgan fingerprint density at radius 1 is 1.16 bits per heavy atom. The molecule has 0 saturated carbocycles. The first kappa shape index (κ1) is 19.3. The van der Waals surface area contributed by atoms with Gasteiger partial charge in [0.05, 0.1) is 24.4 Å². The van der Waals surface area contributed by atoms with E-state index in [2.05, 4.69) is 15.1 Å². The van der Waals surface area contributed by atoms with Gasteiger partial charge >= 0.3 is 0 Å². The van der Waals surface area contributed by atoms with Crippen molar-refractivity contribution in [2.75, 3.05) is 19.7 Å². The van der Waals surface area contributed by atoms with Crippen LogP contribution in [0.1, 0.15) is 17.4 Å². The molecule has 1 amide bonds. The second-order valence-corrected chi connectivity index (χ2v) is 7.49. The van der Waals surface area contributed by atoms with Crippen LogP contribution in [0.2, 0.25) is 0 Å². The zero-order valence-electron chi connectivity index (χ0n) is 16.9. The summed E-state index contributed by atoms with van der Waals surface area (Å²) < 4.78 is 21.6. The number of hydrogen-bond acceptors (Lipinski definition) is 5. The predicted molar refractivity (Wildman–Crippen MR) is 113 cm³/mol. The molecule has 0 radical (unpaired) electrons. The van der Waals surface area contributed by atoms with Gasteiger partial charge in [-0.1, -0.05) is 30.3 Å². The third-order valence-electron chi connectivity index (χ3n) is 5.52. The Hall–Kier alpha value is -3.65. The number of rotatable bonds is 4. The van der Waals surface area contributed by atoms with E-state index in [-0.39, 0.29) is 11.9 Å². The number of hydrogen-bond donors (Lipinski definition) is 0. The first-order valence-corrected chi connectivity index (χ1v) is 10.0. The minimum Gasteiger partial charge on any atom is -0.370 e. The quantitative estimate of drug-likeness (QED) is 0.476. The molecule has 1 aliphatic rings. The second-order valence-electron chi connectivity index (χ2n) is 7.49. The lowest BCUT2D eigenvalue weighted by Crippen LogP contribution is -2.37. The zero-order chi connectivity index (χ0) is 21.4. The molecular weight excluding hydrogens is 397 g/mol. The predicted octanol–water partition coefficient (Wildman–Crippen LogP) is 3.46. The first-order valence-electron chi connectivity index (χ1n) is 10.0. The van der Waals surface area contributed by atoms with Crippen LogP contribution in [0.4, 0.5) is 4.39 Å². The number of amides is 1. The van der Waals surface area contributed by atoms with Gasteiger partial charge in [-0.3, -0.25) is 4.79 Å². The van der Waals surface area contributed by atoms with Crippen LogP contribution in [0.25, 0.3) is 28.0 Å². The summed E-state index contributed by atoms with van der Waals surface area (Å²) in [6.45, 7) is 3.54. The lowest BCUT2D eigenvalue weighted by atomic mass is 10.1. The van der Waals surface area contributed by atoms with Crippen LogP contribution >= 0.6 is 0 Å². The van der Waals surface area contributed by atoms with Gasteiger partial charge in [-0.15, -0.1) is 0 Å². The van der Waals surface area contributed by atoms with Crippen LogP contribution in [0, 0.1) is 12.7 Å². The third-order valence-corrected chi connectivity index (χ3v) is 5.52. The second kappa shape index (κ2) is 7.88. The number of nitrogens with zero attached hydrogens (tertiary/aromatic N) is 5. The average Bonchev–Trinajstić information content (AvgIpc) is 3.15. The molecule has 0 spiro atoms. The minimum absolute atomic E-state index is 0.198. The molecule has 31 heavy (non-hydrogen) atoms. The molecule has 1 aliphatic heterocycles. The van der Waals surface area contributed by atoms with E-state index >= 15 is 0 Å². The Kier molecular flexibility index (Phi) is 4.91. The zero-order valence-corrected chi connectivity index (χ0v) is 16.9. The average molecular weight is 417 g/mol. The van der Waals surface area contributed by atoms with Crippen LogP contribution in [0.3, 0.4) is 0 Å². The molecular formula is C23H20FN5O2. The number of carbonyl (C=O) groups excluding carboxylic acids is 1. The molecule has 0 aliphatic carbocycles. The van der Waals surface area contributed by atoms with Gasteiger partial charge in [0.15, 0.2) is 0 Å². The standard InChI is InChI=1S/C23H20FN5O2/c1-15-18-7-6-16(22-13-28(14-30)8-9-31-22)10-21(18)29(27-15)23-25-11-17(12-26-23)19-4-2-3-5-20(19)24/h2-7,10-12,14,22H,8-9,13H2,1H3. The molecule has 7 nitrogen and oxygen atoms in total. The summed E-state index contributed by atoms with van der Waals surface area (Å²) in [5, 5.41) is 5.59. The summed E-state index contributed by atoms with van der Waals surface area (Å²) in [6.07, 6.45) is 3.85. The van der Waals surface area contributed by atoms with Crippen molar-refractivity contribution in [3.05, 3.63) is 71.9 Å². The van der Waals surface area contributed by atoms with E-state index in [1.54, 1.807) is 40.2 Å². The largest absolute Gasteiger partial charge is 0.370 e. The molecule has 5 rings (SSSR count). The number of morpholine rings is 1. The van der Waals surface area contributed by atoms with Gasteiger partial charge in [-0.05, 0) is 24.6 Å². The van der Waals surface area contributed by atoms with Gasteiger partial charge < -0.3 is 9.64 Å². The summed E-state index contributed by atoms with van der Waals surface area (Å²) >= 11 is 0. The number of fused-ring (bicyclic) bond motifs is 1. The van der Waals surface area contributed by atoms with Gasteiger partial charge in [0.2, 0.25) is 6.41 Å². The number of benzene rings is 2. The lowest BCUT2D eigenvalue weighted by molar-refractivity contribution is -0.125. The molecule has 3 heterocycles. The lowest BCUT2D eigenvalue weighted by Gasteiger charge is -2.30. The molecule has 4 aromatic rings. The Labute approximate surface area is 178 Å². The van der Waals surface area contributed by atoms with Gasteiger partial charge in [-0.25, -0.2) is 14.4 Å². The highest BCUT2D eigenvalue weighted by atomic mass is 19.1. The van der Waals surface area contributed by atoms with Gasteiger partial charge in [0, 0.05) is 35.5 Å². The molecule has 8 heteroatoms. The molecule has 1 saturated heterocycles. The normalized spacial score (nSPS) is 16.6. The number of halogens is 1. The van der Waals surface area contributed by atoms with Crippen LogP contribution in [0.15, 0.2) is 54.9 Å². The number of aromatic nitrogens is 4. The SMILES string of the molecule is Cc1nn(-c2ncc(-c3ccccc3F)cn2)c2cc(C3CN(C=O)CCO3)ccc12. The van der Waals surface area contributed by atoms with Crippen molar-refractivity contribution >= 4 is 17.3 Å². The Morgan fingerprint density at radius 3 is 2.74 bits per heavy atom. The smallest absolute Gasteiger partial charge is 0.251 e. The van der Waals surface area contributed by atoms with Crippen molar-refractivity contribution in [3.63, 3.8) is 0 Å². The van der Waals surface area contributed by atoms with E-state index in [0.29, 0.717) is 36.8 Å². The number of carbonyl (C=O) groups is 1. The maximum Gasteiger partial charge on any atom is 0.251 e. The highest BCUT2D eigenvalue weighted by molar-refractivity contribution is 5.83. The molecule has 0 N–H and O–H groups in total. The molecule has 0 bridgehead atoms. The highest BCUT2D eigenvalue weighted by Gasteiger charge is 2.22. The van der Waals surface area contributed by atoms with Crippen LogP contribution in [0.5, 0.6) is 0 Å². The van der Waals surface area contributed by atoms with Crippen LogP contribution in [-0.2, 0) is 9.53 Å².